The van der Waals surface area contributed by atoms with Gasteiger partial charge in [0.2, 0.25) is 5.95 Å². The first-order valence-corrected chi connectivity index (χ1v) is 7.44. The van der Waals surface area contributed by atoms with Crippen molar-refractivity contribution >= 4 is 29.1 Å². The largest absolute Gasteiger partial charge is 0.416 e. The second-order valence-electron chi connectivity index (χ2n) is 4.73. The average Bonchev–Trinajstić information content (AvgIpc) is 2.50. The summed E-state index contributed by atoms with van der Waals surface area (Å²) >= 11 is 5.97. The van der Waals surface area contributed by atoms with Gasteiger partial charge in [-0.3, -0.25) is 0 Å². The standard InChI is InChI=1S/C15H16ClF3N4/c1-3-23(4-2)14-20-8-7-13(22-14)21-12-9-10(15(17,18)19)5-6-11(12)16/h5-9H,3-4H2,1-2H3,(H,20,21,22). The fourth-order valence-corrected chi connectivity index (χ4v) is 2.18. The quantitative estimate of drug-likeness (QED) is 0.850. The van der Waals surface area contributed by atoms with E-state index in [-0.39, 0.29) is 10.7 Å². The third-order valence-corrected chi connectivity index (χ3v) is 3.58. The normalized spacial score (nSPS) is 11.4. The summed E-state index contributed by atoms with van der Waals surface area (Å²) in [5, 5.41) is 3.00. The van der Waals surface area contributed by atoms with Gasteiger partial charge in [-0.2, -0.15) is 18.2 Å². The lowest BCUT2D eigenvalue weighted by Gasteiger charge is -2.19. The lowest BCUT2D eigenvalue weighted by molar-refractivity contribution is -0.137. The van der Waals surface area contributed by atoms with Crippen LogP contribution < -0.4 is 10.2 Å². The number of halogens is 4. The van der Waals surface area contributed by atoms with Crippen molar-refractivity contribution in [3.63, 3.8) is 0 Å². The Bertz CT molecular complexity index is 672. The van der Waals surface area contributed by atoms with Gasteiger partial charge in [-0.1, -0.05) is 11.6 Å². The molecule has 1 aromatic heterocycles. The van der Waals surface area contributed by atoms with E-state index in [1.807, 2.05) is 18.7 Å². The zero-order chi connectivity index (χ0) is 17.0. The molecule has 0 amide bonds. The molecule has 2 aromatic rings. The number of hydrogen-bond acceptors (Lipinski definition) is 4. The molecule has 4 nitrogen and oxygen atoms in total. The molecular weight excluding hydrogens is 329 g/mol. The zero-order valence-corrected chi connectivity index (χ0v) is 13.4. The van der Waals surface area contributed by atoms with Crippen LogP contribution in [-0.2, 0) is 6.18 Å². The maximum Gasteiger partial charge on any atom is 0.416 e. The Labute approximate surface area is 137 Å². The molecule has 8 heteroatoms. The maximum atomic E-state index is 12.8. The fourth-order valence-electron chi connectivity index (χ4n) is 2.01. The first-order chi connectivity index (χ1) is 10.8. The molecule has 0 aliphatic heterocycles. The Balaban J connectivity index is 2.31. The number of alkyl halides is 3. The molecule has 2 rings (SSSR count). The maximum absolute atomic E-state index is 12.8. The molecule has 0 bridgehead atoms. The molecule has 1 aromatic carbocycles. The highest BCUT2D eigenvalue weighted by molar-refractivity contribution is 6.33. The number of nitrogens with zero attached hydrogens (tertiary/aromatic N) is 3. The van der Waals surface area contributed by atoms with E-state index in [0.717, 1.165) is 25.2 Å². The minimum Gasteiger partial charge on any atom is -0.341 e. The SMILES string of the molecule is CCN(CC)c1nccc(Nc2cc(C(F)(F)F)ccc2Cl)n1. The van der Waals surface area contributed by atoms with Gasteiger partial charge in [0.25, 0.3) is 0 Å². The number of nitrogens with one attached hydrogen (secondary N) is 1. The molecule has 124 valence electrons. The predicted octanol–water partition coefficient (Wildman–Crippen LogP) is 4.74. The number of hydrogen-bond donors (Lipinski definition) is 1. The van der Waals surface area contributed by atoms with E-state index in [1.165, 1.54) is 6.07 Å². The van der Waals surface area contributed by atoms with Crippen LogP contribution in [0.15, 0.2) is 30.5 Å². The Morgan fingerprint density at radius 3 is 2.48 bits per heavy atom. The molecule has 0 aliphatic rings. The van der Waals surface area contributed by atoms with Crippen LogP contribution in [0.2, 0.25) is 5.02 Å². The highest BCUT2D eigenvalue weighted by Gasteiger charge is 2.31. The van der Waals surface area contributed by atoms with Crippen LogP contribution in [0, 0.1) is 0 Å². The third-order valence-electron chi connectivity index (χ3n) is 3.25. The van der Waals surface area contributed by atoms with E-state index in [1.54, 1.807) is 12.3 Å². The van der Waals surface area contributed by atoms with E-state index in [2.05, 4.69) is 15.3 Å². The van der Waals surface area contributed by atoms with Crippen LogP contribution in [0.5, 0.6) is 0 Å². The van der Waals surface area contributed by atoms with Gasteiger partial charge < -0.3 is 10.2 Å². The molecule has 0 atom stereocenters. The van der Waals surface area contributed by atoms with Crippen LogP contribution in [0.25, 0.3) is 0 Å². The van der Waals surface area contributed by atoms with Gasteiger partial charge in [0.1, 0.15) is 5.82 Å². The van der Waals surface area contributed by atoms with Crippen molar-refractivity contribution < 1.29 is 13.2 Å². The van der Waals surface area contributed by atoms with Crippen molar-refractivity contribution in [1.29, 1.82) is 0 Å². The second-order valence-corrected chi connectivity index (χ2v) is 5.14. The van der Waals surface area contributed by atoms with Crippen molar-refractivity contribution in [2.45, 2.75) is 20.0 Å². The monoisotopic (exact) mass is 344 g/mol. The smallest absolute Gasteiger partial charge is 0.341 e. The predicted molar refractivity (Wildman–Crippen MR) is 85.3 cm³/mol. The Kier molecular flexibility index (Phi) is 5.30. The minimum atomic E-state index is -4.43. The minimum absolute atomic E-state index is 0.144. The summed E-state index contributed by atoms with van der Waals surface area (Å²) < 4.78 is 38.4. The molecule has 0 aliphatic carbocycles. The van der Waals surface area contributed by atoms with Crippen molar-refractivity contribution in [2.24, 2.45) is 0 Å². The van der Waals surface area contributed by atoms with E-state index in [4.69, 9.17) is 11.6 Å². The molecule has 23 heavy (non-hydrogen) atoms. The van der Waals surface area contributed by atoms with E-state index in [0.29, 0.717) is 11.8 Å². The fraction of sp³-hybridized carbons (Fsp3) is 0.333. The van der Waals surface area contributed by atoms with Crippen LogP contribution in [0.4, 0.5) is 30.6 Å². The van der Waals surface area contributed by atoms with Crippen molar-refractivity contribution in [1.82, 2.24) is 9.97 Å². The highest BCUT2D eigenvalue weighted by atomic mass is 35.5. The molecule has 0 saturated heterocycles. The average molecular weight is 345 g/mol. The molecule has 0 spiro atoms. The van der Waals surface area contributed by atoms with E-state index < -0.39 is 11.7 Å². The van der Waals surface area contributed by atoms with Crippen LogP contribution >= 0.6 is 11.6 Å². The summed E-state index contributed by atoms with van der Waals surface area (Å²) in [6.07, 6.45) is -2.89. The number of rotatable bonds is 5. The van der Waals surface area contributed by atoms with Crippen LogP contribution in [0.1, 0.15) is 19.4 Å². The Morgan fingerprint density at radius 2 is 1.87 bits per heavy atom. The van der Waals surface area contributed by atoms with Crippen molar-refractivity contribution in [3.05, 3.63) is 41.0 Å². The van der Waals surface area contributed by atoms with Gasteiger partial charge in [0.05, 0.1) is 16.3 Å². The topological polar surface area (TPSA) is 41.1 Å². The van der Waals surface area contributed by atoms with Gasteiger partial charge in [0.15, 0.2) is 0 Å². The summed E-state index contributed by atoms with van der Waals surface area (Å²) in [6.45, 7) is 5.39. The van der Waals surface area contributed by atoms with E-state index >= 15 is 0 Å². The van der Waals surface area contributed by atoms with Gasteiger partial charge >= 0.3 is 6.18 Å². The highest BCUT2D eigenvalue weighted by Crippen LogP contribution is 2.34. The molecule has 0 fully saturated rings. The van der Waals surface area contributed by atoms with Gasteiger partial charge in [-0.15, -0.1) is 0 Å². The molecule has 0 radical (unpaired) electrons. The molecule has 0 unspecified atom stereocenters. The van der Waals surface area contributed by atoms with Gasteiger partial charge in [-0.25, -0.2) is 4.98 Å². The van der Waals surface area contributed by atoms with Gasteiger partial charge in [0, 0.05) is 19.3 Å². The van der Waals surface area contributed by atoms with Gasteiger partial charge in [-0.05, 0) is 38.1 Å². The van der Waals surface area contributed by atoms with Crippen molar-refractivity contribution in [3.8, 4) is 0 Å². The number of anilines is 3. The Morgan fingerprint density at radius 1 is 1.17 bits per heavy atom. The van der Waals surface area contributed by atoms with Crippen LogP contribution in [0.3, 0.4) is 0 Å². The second kappa shape index (κ2) is 7.04. The molecule has 0 saturated carbocycles. The number of aromatic nitrogens is 2. The first kappa shape index (κ1) is 17.3. The lowest BCUT2D eigenvalue weighted by Crippen LogP contribution is -2.24. The molecule has 1 heterocycles. The van der Waals surface area contributed by atoms with Crippen molar-refractivity contribution in [2.75, 3.05) is 23.3 Å². The zero-order valence-electron chi connectivity index (χ0n) is 12.7. The number of benzene rings is 1. The molecule has 1 N–H and O–H groups in total. The molecular formula is C15H16ClF3N4. The van der Waals surface area contributed by atoms with E-state index in [9.17, 15) is 13.2 Å². The summed E-state index contributed by atoms with van der Waals surface area (Å²) in [5.41, 5.74) is -0.631. The Hall–Kier alpha value is -2.02. The lowest BCUT2D eigenvalue weighted by atomic mass is 10.2. The summed E-state index contributed by atoms with van der Waals surface area (Å²) in [6, 6.07) is 4.68. The summed E-state index contributed by atoms with van der Waals surface area (Å²) in [4.78, 5) is 10.4. The van der Waals surface area contributed by atoms with Crippen LogP contribution in [-0.4, -0.2) is 23.1 Å². The summed E-state index contributed by atoms with van der Waals surface area (Å²) in [7, 11) is 0. The third kappa shape index (κ3) is 4.25. The summed E-state index contributed by atoms with van der Waals surface area (Å²) in [5.74, 6) is 0.881. The first-order valence-electron chi connectivity index (χ1n) is 7.07.